The Morgan fingerprint density at radius 3 is 2.35 bits per heavy atom. The summed E-state index contributed by atoms with van der Waals surface area (Å²) in [6.07, 6.45) is 3.36. The Labute approximate surface area is 331 Å². The number of nitrogens with one attached hydrogen (secondary N) is 3. The van der Waals surface area contributed by atoms with Crippen molar-refractivity contribution >= 4 is 41.1 Å². The maximum atomic E-state index is 14.6. The number of piperidine rings is 1. The van der Waals surface area contributed by atoms with E-state index in [4.69, 9.17) is 4.74 Å². The van der Waals surface area contributed by atoms with Gasteiger partial charge in [0, 0.05) is 37.5 Å². The van der Waals surface area contributed by atoms with Gasteiger partial charge in [-0.3, -0.25) is 24.1 Å². The summed E-state index contributed by atoms with van der Waals surface area (Å²) in [5.74, 6) is -1.93. The van der Waals surface area contributed by atoms with Crippen LogP contribution in [-0.2, 0) is 25.5 Å². The van der Waals surface area contributed by atoms with E-state index in [1.807, 2.05) is 76.9 Å². The zero-order chi connectivity index (χ0) is 40.9. The Morgan fingerprint density at radius 1 is 1.07 bits per heavy atom. The van der Waals surface area contributed by atoms with Gasteiger partial charge in [0.1, 0.15) is 16.7 Å². The molecule has 306 valence electrons. The van der Waals surface area contributed by atoms with Crippen molar-refractivity contribution in [3.63, 3.8) is 0 Å². The van der Waals surface area contributed by atoms with Crippen LogP contribution in [0, 0.1) is 17.3 Å². The lowest BCUT2D eigenvalue weighted by atomic mass is 9.84. The number of aromatic nitrogens is 1. The van der Waals surface area contributed by atoms with Gasteiger partial charge in [0.15, 0.2) is 6.10 Å². The van der Waals surface area contributed by atoms with Gasteiger partial charge in [-0.15, -0.1) is 11.3 Å². The van der Waals surface area contributed by atoms with Crippen molar-refractivity contribution in [1.29, 1.82) is 0 Å². The van der Waals surface area contributed by atoms with Crippen LogP contribution in [0.3, 0.4) is 0 Å². The molecule has 1 fully saturated rings. The summed E-state index contributed by atoms with van der Waals surface area (Å²) < 4.78 is 5.89. The molecule has 1 aromatic heterocycles. The largest absolute Gasteiger partial charge is 0.481 e. The molecule has 0 radical (unpaired) electrons. The minimum Gasteiger partial charge on any atom is -0.481 e. The number of thiazole rings is 1. The monoisotopic (exact) mass is 784 g/mol. The number of hydrogen-bond acceptors (Lipinski definition) is 9. The normalized spacial score (nSPS) is 17.7. The summed E-state index contributed by atoms with van der Waals surface area (Å²) in [4.78, 5) is 75.2. The van der Waals surface area contributed by atoms with Gasteiger partial charge in [-0.1, -0.05) is 77.8 Å². The predicted molar refractivity (Wildman–Crippen MR) is 215 cm³/mol. The highest BCUT2D eigenvalue weighted by atomic mass is 32.1. The number of ether oxygens (including phenoxy) is 1. The van der Waals surface area contributed by atoms with Crippen molar-refractivity contribution in [3.8, 4) is 0 Å². The number of benzene rings is 1. The van der Waals surface area contributed by atoms with Gasteiger partial charge in [-0.2, -0.15) is 0 Å². The Kier molecular flexibility index (Phi) is 17.6. The number of likely N-dealkylation sites (tertiary alicyclic amines) is 1. The molecule has 13 nitrogen and oxygen atoms in total. The molecule has 1 saturated heterocycles. The number of hydrogen-bond donors (Lipinski definition) is 4. The van der Waals surface area contributed by atoms with Gasteiger partial charge in [0.25, 0.3) is 5.91 Å². The molecule has 6 atom stereocenters. The van der Waals surface area contributed by atoms with E-state index in [0.717, 1.165) is 31.4 Å². The van der Waals surface area contributed by atoms with Crippen LogP contribution in [0.1, 0.15) is 121 Å². The van der Waals surface area contributed by atoms with Gasteiger partial charge >= 0.3 is 12.1 Å². The standard InChI is InChI=1S/C41H64N6O7S/c1-10-20-47(38(50)34(27(5)11-2)45-36(49)31-19-15-16-21-46(31)9)32(26(3)4)23-33(54-40(53)42-8)37-44-30(25-55-37)35(48)43-29(24-41(6,7)39(51)52)22-28-17-13-12-14-18-28/h12-14,17-18,25-27,29,31-34H,10-11,15-16,19-24H2,1-9H3,(H,42,53)(H,43,48)(H,45,49)(H,51,52)/t27-,29-,31+,32+,33+,34-/m0/s1. The van der Waals surface area contributed by atoms with Crippen LogP contribution in [0.15, 0.2) is 35.7 Å². The van der Waals surface area contributed by atoms with Crippen LogP contribution in [0.25, 0.3) is 0 Å². The number of likely N-dealkylation sites (N-methyl/N-ethyl adjacent to an activating group) is 1. The summed E-state index contributed by atoms with van der Waals surface area (Å²) in [5, 5.41) is 20.5. The van der Waals surface area contributed by atoms with E-state index in [1.165, 1.54) is 18.4 Å². The van der Waals surface area contributed by atoms with Crippen LogP contribution in [-0.4, -0.2) is 101 Å². The van der Waals surface area contributed by atoms with Gasteiger partial charge in [-0.25, -0.2) is 9.78 Å². The SMILES string of the molecule is CCCN(C(=O)[C@@H](NC(=O)[C@H]1CCCCN1C)[C@@H](C)CC)[C@H](C[C@@H](OC(=O)NC)c1nc(C(=O)N[C@@H](Cc2ccccc2)CC(C)(C)C(=O)O)cs1)C(C)C. The number of alkyl carbamates (subject to hydrolysis) is 1. The van der Waals surface area contributed by atoms with E-state index in [9.17, 15) is 29.1 Å². The lowest BCUT2D eigenvalue weighted by molar-refractivity contribution is -0.147. The molecule has 1 aromatic carbocycles. The number of rotatable bonds is 20. The molecule has 0 unspecified atom stereocenters. The molecule has 0 saturated carbocycles. The number of amides is 4. The molecule has 2 aromatic rings. The number of carbonyl (C=O) groups excluding carboxylic acids is 4. The number of nitrogens with zero attached hydrogens (tertiary/aromatic N) is 3. The highest BCUT2D eigenvalue weighted by Crippen LogP contribution is 2.32. The van der Waals surface area contributed by atoms with Crippen molar-refractivity contribution < 1.29 is 33.8 Å². The van der Waals surface area contributed by atoms with Crippen molar-refractivity contribution in [3.05, 3.63) is 52.0 Å². The van der Waals surface area contributed by atoms with Crippen LogP contribution in [0.5, 0.6) is 0 Å². The smallest absolute Gasteiger partial charge is 0.407 e. The van der Waals surface area contributed by atoms with Crippen LogP contribution < -0.4 is 16.0 Å². The predicted octanol–water partition coefficient (Wildman–Crippen LogP) is 6.05. The van der Waals surface area contributed by atoms with Crippen molar-refractivity contribution in [1.82, 2.24) is 30.7 Å². The average Bonchev–Trinajstić information content (AvgIpc) is 3.65. The Hall–Kier alpha value is -4.04. The second kappa shape index (κ2) is 21.3. The minimum atomic E-state index is -1.09. The molecule has 3 rings (SSSR count). The molecule has 1 aliphatic heterocycles. The molecular weight excluding hydrogens is 721 g/mol. The van der Waals surface area contributed by atoms with E-state index >= 15 is 0 Å². The third-order valence-corrected chi connectivity index (χ3v) is 11.6. The Bertz CT molecular complexity index is 1570. The zero-order valence-electron chi connectivity index (χ0n) is 34.2. The maximum Gasteiger partial charge on any atom is 0.407 e. The third kappa shape index (κ3) is 13.0. The first-order valence-corrected chi connectivity index (χ1v) is 20.6. The van der Waals surface area contributed by atoms with E-state index in [-0.39, 0.29) is 48.2 Å². The molecule has 55 heavy (non-hydrogen) atoms. The molecule has 0 aliphatic carbocycles. The van der Waals surface area contributed by atoms with Crippen LogP contribution in [0.4, 0.5) is 4.79 Å². The lowest BCUT2D eigenvalue weighted by Gasteiger charge is -2.40. The van der Waals surface area contributed by atoms with Crippen molar-refractivity contribution in [2.45, 2.75) is 130 Å². The third-order valence-electron chi connectivity index (χ3n) is 10.7. The van der Waals surface area contributed by atoms with E-state index in [2.05, 4.69) is 25.8 Å². The van der Waals surface area contributed by atoms with Gasteiger partial charge in [0.05, 0.1) is 11.5 Å². The molecular formula is C41H64N6O7S. The van der Waals surface area contributed by atoms with Crippen molar-refractivity contribution in [2.24, 2.45) is 17.3 Å². The topological polar surface area (TPSA) is 170 Å². The summed E-state index contributed by atoms with van der Waals surface area (Å²) in [6, 6.07) is 7.63. The fourth-order valence-electron chi connectivity index (χ4n) is 7.14. The van der Waals surface area contributed by atoms with Crippen molar-refractivity contribution in [2.75, 3.05) is 27.2 Å². The minimum absolute atomic E-state index is 0.0666. The second-order valence-electron chi connectivity index (χ2n) is 15.9. The molecule has 14 heteroatoms. The number of carbonyl (C=O) groups is 5. The Balaban J connectivity index is 1.91. The number of carboxylic acid groups (broad SMARTS) is 1. The fourth-order valence-corrected chi connectivity index (χ4v) is 7.98. The summed E-state index contributed by atoms with van der Waals surface area (Å²) in [5.41, 5.74) is -0.0240. The van der Waals surface area contributed by atoms with Crippen LogP contribution >= 0.6 is 11.3 Å². The van der Waals surface area contributed by atoms with E-state index in [0.29, 0.717) is 30.8 Å². The second-order valence-corrected chi connectivity index (χ2v) is 16.8. The lowest BCUT2D eigenvalue weighted by Crippen LogP contribution is -2.58. The molecule has 4 amide bonds. The first-order chi connectivity index (χ1) is 26.0. The van der Waals surface area contributed by atoms with E-state index < -0.39 is 47.6 Å². The van der Waals surface area contributed by atoms with E-state index in [1.54, 1.807) is 19.2 Å². The average molecular weight is 785 g/mol. The number of aliphatic carboxylic acids is 1. The highest BCUT2D eigenvalue weighted by molar-refractivity contribution is 7.09. The number of carboxylic acids is 1. The molecule has 0 spiro atoms. The maximum absolute atomic E-state index is 14.6. The summed E-state index contributed by atoms with van der Waals surface area (Å²) in [7, 11) is 3.41. The van der Waals surface area contributed by atoms with Crippen LogP contribution in [0.2, 0.25) is 0 Å². The first kappa shape index (κ1) is 45.4. The first-order valence-electron chi connectivity index (χ1n) is 19.8. The van der Waals surface area contributed by atoms with Gasteiger partial charge in [-0.05, 0) is 76.9 Å². The fraction of sp³-hybridized carbons (Fsp3) is 0.659. The van der Waals surface area contributed by atoms with Gasteiger partial charge in [0.2, 0.25) is 11.8 Å². The molecule has 1 aliphatic rings. The highest BCUT2D eigenvalue weighted by Gasteiger charge is 2.39. The molecule has 0 bridgehead atoms. The summed E-state index contributed by atoms with van der Waals surface area (Å²) in [6.45, 7) is 14.5. The summed E-state index contributed by atoms with van der Waals surface area (Å²) >= 11 is 1.18. The molecule has 4 N–H and O–H groups in total. The quantitative estimate of drug-likeness (QED) is 0.125. The van der Waals surface area contributed by atoms with Gasteiger partial charge < -0.3 is 30.7 Å². The zero-order valence-corrected chi connectivity index (χ0v) is 35.0. The molecule has 2 heterocycles. The Morgan fingerprint density at radius 2 is 1.76 bits per heavy atom.